The molecule has 2 atom stereocenters. The zero-order valence-electron chi connectivity index (χ0n) is 6.68. The van der Waals surface area contributed by atoms with Crippen LogP contribution < -0.4 is 0 Å². The zero-order valence-corrected chi connectivity index (χ0v) is 6.68. The largest absolute Gasteiger partial charge is 0.366 e. The summed E-state index contributed by atoms with van der Waals surface area (Å²) < 4.78 is 5.71. The molecule has 2 heterocycles. The van der Waals surface area contributed by atoms with Gasteiger partial charge in [0.2, 0.25) is 0 Å². The first-order valence-corrected chi connectivity index (χ1v) is 4.18. The van der Waals surface area contributed by atoms with Gasteiger partial charge in [0.25, 0.3) is 0 Å². The van der Waals surface area contributed by atoms with E-state index in [1.54, 1.807) is 5.57 Å². The Morgan fingerprint density at radius 2 is 2.10 bits per heavy atom. The minimum atomic E-state index is 0.500. The van der Waals surface area contributed by atoms with E-state index in [2.05, 4.69) is 13.8 Å². The van der Waals surface area contributed by atoms with Crippen LogP contribution in [-0.4, -0.2) is 12.2 Å². The van der Waals surface area contributed by atoms with Crippen LogP contribution >= 0.6 is 0 Å². The molecule has 2 rings (SSSR count). The van der Waals surface area contributed by atoms with Gasteiger partial charge < -0.3 is 4.74 Å². The molecule has 2 aliphatic heterocycles. The second-order valence-corrected chi connectivity index (χ2v) is 3.25. The highest BCUT2D eigenvalue weighted by Gasteiger charge is 2.36. The molecule has 0 aromatic carbocycles. The summed E-state index contributed by atoms with van der Waals surface area (Å²) in [5.74, 6) is 0. The summed E-state index contributed by atoms with van der Waals surface area (Å²) in [5.41, 5.74) is 3.11. The third-order valence-corrected chi connectivity index (χ3v) is 2.78. The van der Waals surface area contributed by atoms with Crippen molar-refractivity contribution in [1.29, 1.82) is 0 Å². The molecule has 1 saturated heterocycles. The highest BCUT2D eigenvalue weighted by molar-refractivity contribution is 5.28. The number of fused-ring (bicyclic) bond motifs is 2. The number of rotatable bonds is 1. The van der Waals surface area contributed by atoms with E-state index in [0.717, 1.165) is 0 Å². The van der Waals surface area contributed by atoms with E-state index in [4.69, 9.17) is 4.74 Å². The molecule has 2 unspecified atom stereocenters. The Bertz CT molecular complexity index is 181. The molecule has 0 aromatic heterocycles. The lowest BCUT2D eigenvalue weighted by Gasteiger charge is -2.10. The van der Waals surface area contributed by atoms with E-state index >= 15 is 0 Å². The summed E-state index contributed by atoms with van der Waals surface area (Å²) in [7, 11) is 0. The Kier molecular flexibility index (Phi) is 1.34. The number of hydrogen-bond acceptors (Lipinski definition) is 1. The summed E-state index contributed by atoms with van der Waals surface area (Å²) in [5, 5.41) is 0. The van der Waals surface area contributed by atoms with E-state index in [1.807, 2.05) is 0 Å². The van der Waals surface area contributed by atoms with Crippen molar-refractivity contribution in [2.75, 3.05) is 0 Å². The van der Waals surface area contributed by atoms with E-state index in [1.165, 1.54) is 24.8 Å². The molecule has 0 N–H and O–H groups in total. The van der Waals surface area contributed by atoms with Crippen molar-refractivity contribution >= 4 is 0 Å². The molecular weight excluding hydrogens is 124 g/mol. The van der Waals surface area contributed by atoms with Gasteiger partial charge in [0.1, 0.15) is 0 Å². The number of ether oxygens (including phenoxy) is 1. The van der Waals surface area contributed by atoms with Gasteiger partial charge >= 0.3 is 0 Å². The fourth-order valence-electron chi connectivity index (χ4n) is 2.18. The monoisotopic (exact) mass is 138 g/mol. The van der Waals surface area contributed by atoms with Crippen LogP contribution in [0.5, 0.6) is 0 Å². The number of hydrogen-bond donors (Lipinski definition) is 0. The zero-order chi connectivity index (χ0) is 7.14. The smallest absolute Gasteiger partial charge is 0.0797 e. The van der Waals surface area contributed by atoms with Crippen molar-refractivity contribution in [2.24, 2.45) is 0 Å². The van der Waals surface area contributed by atoms with Gasteiger partial charge in [0.05, 0.1) is 12.2 Å². The normalized spacial score (nSPS) is 37.8. The highest BCUT2D eigenvalue weighted by Crippen LogP contribution is 2.39. The lowest BCUT2D eigenvalue weighted by atomic mass is 9.91. The van der Waals surface area contributed by atoms with Crippen LogP contribution in [-0.2, 0) is 4.74 Å². The third kappa shape index (κ3) is 0.671. The van der Waals surface area contributed by atoms with Gasteiger partial charge in [0.15, 0.2) is 0 Å². The van der Waals surface area contributed by atoms with Gasteiger partial charge in [-0.25, -0.2) is 0 Å². The average Bonchev–Trinajstić information content (AvgIpc) is 2.46. The topological polar surface area (TPSA) is 9.23 Å². The SMILES string of the molecule is CCC1=C(C)C2CCC1O2. The third-order valence-electron chi connectivity index (χ3n) is 2.78. The molecular formula is C9H14O. The second-order valence-electron chi connectivity index (χ2n) is 3.25. The van der Waals surface area contributed by atoms with Crippen molar-refractivity contribution in [1.82, 2.24) is 0 Å². The predicted octanol–water partition coefficient (Wildman–Crippen LogP) is 2.27. The van der Waals surface area contributed by atoms with Crippen molar-refractivity contribution in [3.8, 4) is 0 Å². The van der Waals surface area contributed by atoms with Crippen LogP contribution in [0, 0.1) is 0 Å². The van der Waals surface area contributed by atoms with Crippen LogP contribution in [0.1, 0.15) is 33.1 Å². The maximum absolute atomic E-state index is 5.71. The van der Waals surface area contributed by atoms with Gasteiger partial charge in [-0.3, -0.25) is 0 Å². The average molecular weight is 138 g/mol. The van der Waals surface area contributed by atoms with E-state index in [0.29, 0.717) is 12.2 Å². The van der Waals surface area contributed by atoms with Crippen molar-refractivity contribution < 1.29 is 4.74 Å². The van der Waals surface area contributed by atoms with Gasteiger partial charge in [0, 0.05) is 0 Å². The van der Waals surface area contributed by atoms with Gasteiger partial charge in [-0.15, -0.1) is 0 Å². The van der Waals surface area contributed by atoms with Crippen LogP contribution in [0.3, 0.4) is 0 Å². The quantitative estimate of drug-likeness (QED) is 0.505. The maximum atomic E-state index is 5.71. The molecule has 0 spiro atoms. The molecule has 2 aliphatic rings. The lowest BCUT2D eigenvalue weighted by Crippen LogP contribution is -2.05. The maximum Gasteiger partial charge on any atom is 0.0797 e. The molecule has 1 heteroatoms. The Hall–Kier alpha value is -0.300. The summed E-state index contributed by atoms with van der Waals surface area (Å²) in [6.45, 7) is 4.45. The van der Waals surface area contributed by atoms with Crippen molar-refractivity contribution in [3.05, 3.63) is 11.1 Å². The minimum absolute atomic E-state index is 0.500. The molecule has 0 aliphatic carbocycles. The van der Waals surface area contributed by atoms with Crippen molar-refractivity contribution in [3.63, 3.8) is 0 Å². The molecule has 2 bridgehead atoms. The first kappa shape index (κ1) is 6.41. The summed E-state index contributed by atoms with van der Waals surface area (Å²) in [6.07, 6.45) is 4.73. The standard InChI is InChI=1S/C9H14O/c1-3-7-6(2)8-4-5-9(7)10-8/h8-9H,3-5H2,1-2H3. The van der Waals surface area contributed by atoms with E-state index in [9.17, 15) is 0 Å². The molecule has 56 valence electrons. The Balaban J connectivity index is 2.29. The molecule has 1 fully saturated rings. The molecule has 1 nitrogen and oxygen atoms in total. The Labute approximate surface area is 62.1 Å². The van der Waals surface area contributed by atoms with Gasteiger partial charge in [-0.2, -0.15) is 0 Å². The van der Waals surface area contributed by atoms with Crippen LogP contribution in [0.15, 0.2) is 11.1 Å². The summed E-state index contributed by atoms with van der Waals surface area (Å²) in [6, 6.07) is 0. The molecule has 0 saturated carbocycles. The Morgan fingerprint density at radius 3 is 2.50 bits per heavy atom. The second kappa shape index (κ2) is 2.09. The highest BCUT2D eigenvalue weighted by atomic mass is 16.5. The van der Waals surface area contributed by atoms with Gasteiger partial charge in [-0.1, -0.05) is 6.92 Å². The van der Waals surface area contributed by atoms with Crippen LogP contribution in [0.4, 0.5) is 0 Å². The van der Waals surface area contributed by atoms with E-state index in [-0.39, 0.29) is 0 Å². The fourth-order valence-corrected chi connectivity index (χ4v) is 2.18. The predicted molar refractivity (Wildman–Crippen MR) is 40.9 cm³/mol. The lowest BCUT2D eigenvalue weighted by molar-refractivity contribution is 0.111. The summed E-state index contributed by atoms with van der Waals surface area (Å²) in [4.78, 5) is 0. The minimum Gasteiger partial charge on any atom is -0.366 e. The Morgan fingerprint density at radius 1 is 1.40 bits per heavy atom. The molecule has 10 heavy (non-hydrogen) atoms. The van der Waals surface area contributed by atoms with Crippen LogP contribution in [0.2, 0.25) is 0 Å². The van der Waals surface area contributed by atoms with E-state index < -0.39 is 0 Å². The van der Waals surface area contributed by atoms with Crippen LogP contribution in [0.25, 0.3) is 0 Å². The molecule has 0 radical (unpaired) electrons. The molecule has 0 aromatic rings. The van der Waals surface area contributed by atoms with Crippen molar-refractivity contribution in [2.45, 2.75) is 45.3 Å². The first-order chi connectivity index (χ1) is 4.83. The first-order valence-electron chi connectivity index (χ1n) is 4.18. The molecule has 0 amide bonds. The van der Waals surface area contributed by atoms with Gasteiger partial charge in [-0.05, 0) is 37.3 Å². The fraction of sp³-hybridized carbons (Fsp3) is 0.778. The summed E-state index contributed by atoms with van der Waals surface area (Å²) >= 11 is 0.